The Bertz CT molecular complexity index is 513. The zero-order valence-corrected chi connectivity index (χ0v) is 14.3. The summed E-state index contributed by atoms with van der Waals surface area (Å²) in [5.41, 5.74) is 0. The van der Waals surface area contributed by atoms with Gasteiger partial charge in [-0.1, -0.05) is 0 Å². The lowest BCUT2D eigenvalue weighted by molar-refractivity contribution is 0.0322. The standard InChI is InChI=1S/C12H19BrN2O3S2/c13-11-4-9-19-12(11)20(16,17)15-5-1-8-18-10-2-6-14-7-3-10/h4,9-10,14-15H,1-3,5-8H2. The molecule has 1 saturated heterocycles. The van der Waals surface area contributed by atoms with Crippen molar-refractivity contribution in [3.05, 3.63) is 15.9 Å². The third-order valence-corrected chi connectivity index (χ3v) is 7.21. The fraction of sp³-hybridized carbons (Fsp3) is 0.667. The molecule has 1 fully saturated rings. The molecule has 20 heavy (non-hydrogen) atoms. The second-order valence-electron chi connectivity index (χ2n) is 4.63. The molecule has 1 aromatic rings. The highest BCUT2D eigenvalue weighted by atomic mass is 79.9. The minimum Gasteiger partial charge on any atom is -0.378 e. The van der Waals surface area contributed by atoms with Crippen LogP contribution in [-0.2, 0) is 14.8 Å². The van der Waals surface area contributed by atoms with Crippen LogP contribution in [0.25, 0.3) is 0 Å². The molecule has 0 bridgehead atoms. The summed E-state index contributed by atoms with van der Waals surface area (Å²) in [4.78, 5) is 0. The summed E-state index contributed by atoms with van der Waals surface area (Å²) in [6.45, 7) is 3.00. The van der Waals surface area contributed by atoms with Crippen molar-refractivity contribution in [3.63, 3.8) is 0 Å². The molecule has 0 aliphatic carbocycles. The number of rotatable bonds is 7. The van der Waals surface area contributed by atoms with Crippen molar-refractivity contribution in [2.45, 2.75) is 29.6 Å². The average Bonchev–Trinajstić information content (AvgIpc) is 2.86. The van der Waals surface area contributed by atoms with Gasteiger partial charge in [0.1, 0.15) is 4.21 Å². The van der Waals surface area contributed by atoms with Gasteiger partial charge < -0.3 is 10.1 Å². The number of sulfonamides is 1. The number of nitrogens with one attached hydrogen (secondary N) is 2. The van der Waals surface area contributed by atoms with Crippen LogP contribution in [0.5, 0.6) is 0 Å². The summed E-state index contributed by atoms with van der Waals surface area (Å²) in [5, 5.41) is 5.03. The molecule has 0 saturated carbocycles. The van der Waals surface area contributed by atoms with Gasteiger partial charge in [-0.05, 0) is 59.7 Å². The zero-order chi connectivity index (χ0) is 14.4. The Balaban J connectivity index is 1.66. The van der Waals surface area contributed by atoms with Crippen LogP contribution < -0.4 is 10.0 Å². The molecule has 0 unspecified atom stereocenters. The van der Waals surface area contributed by atoms with Crippen molar-refractivity contribution < 1.29 is 13.2 Å². The van der Waals surface area contributed by atoms with E-state index in [9.17, 15) is 8.42 Å². The Kier molecular flexibility index (Phi) is 6.44. The van der Waals surface area contributed by atoms with Crippen molar-refractivity contribution >= 4 is 37.3 Å². The number of hydrogen-bond donors (Lipinski definition) is 2. The van der Waals surface area contributed by atoms with Gasteiger partial charge in [0.2, 0.25) is 0 Å². The van der Waals surface area contributed by atoms with E-state index < -0.39 is 10.0 Å². The van der Waals surface area contributed by atoms with E-state index in [1.54, 1.807) is 11.4 Å². The van der Waals surface area contributed by atoms with Crippen LogP contribution in [0.4, 0.5) is 0 Å². The van der Waals surface area contributed by atoms with E-state index >= 15 is 0 Å². The molecule has 5 nitrogen and oxygen atoms in total. The third-order valence-electron chi connectivity index (χ3n) is 3.08. The summed E-state index contributed by atoms with van der Waals surface area (Å²) < 4.78 is 33.3. The van der Waals surface area contributed by atoms with Crippen LogP contribution in [0.15, 0.2) is 20.1 Å². The summed E-state index contributed by atoms with van der Waals surface area (Å²) >= 11 is 4.44. The molecular weight excluding hydrogens is 364 g/mol. The quantitative estimate of drug-likeness (QED) is 0.707. The average molecular weight is 383 g/mol. The molecular formula is C12H19BrN2O3S2. The number of hydrogen-bond acceptors (Lipinski definition) is 5. The normalized spacial score (nSPS) is 17.4. The predicted octanol–water partition coefficient (Wildman–Crippen LogP) is 1.95. The number of piperidine rings is 1. The number of halogens is 1. The third kappa shape index (κ3) is 4.78. The Labute approximate surface area is 132 Å². The smallest absolute Gasteiger partial charge is 0.251 e. The van der Waals surface area contributed by atoms with Crippen molar-refractivity contribution in [2.75, 3.05) is 26.2 Å². The van der Waals surface area contributed by atoms with Crippen molar-refractivity contribution in [1.82, 2.24) is 10.0 Å². The maximum atomic E-state index is 12.0. The molecule has 0 amide bonds. The van der Waals surface area contributed by atoms with Crippen LogP contribution in [-0.4, -0.2) is 40.8 Å². The van der Waals surface area contributed by atoms with Gasteiger partial charge in [0, 0.05) is 17.6 Å². The van der Waals surface area contributed by atoms with Crippen LogP contribution in [0, 0.1) is 0 Å². The molecule has 2 heterocycles. The maximum absolute atomic E-state index is 12.0. The molecule has 0 radical (unpaired) electrons. The molecule has 0 spiro atoms. The van der Waals surface area contributed by atoms with Crippen LogP contribution in [0.1, 0.15) is 19.3 Å². The van der Waals surface area contributed by atoms with E-state index in [0.717, 1.165) is 25.9 Å². The Morgan fingerprint density at radius 3 is 2.85 bits per heavy atom. The van der Waals surface area contributed by atoms with Gasteiger partial charge in [-0.25, -0.2) is 13.1 Å². The topological polar surface area (TPSA) is 67.4 Å². The predicted molar refractivity (Wildman–Crippen MR) is 83.7 cm³/mol. The largest absolute Gasteiger partial charge is 0.378 e. The minimum absolute atomic E-state index is 0.319. The Morgan fingerprint density at radius 2 is 2.20 bits per heavy atom. The van der Waals surface area contributed by atoms with Crippen molar-refractivity contribution in [3.8, 4) is 0 Å². The first-order valence-corrected chi connectivity index (χ1v) is 9.80. The maximum Gasteiger partial charge on any atom is 0.251 e. The van der Waals surface area contributed by atoms with E-state index in [1.807, 2.05) is 0 Å². The molecule has 8 heteroatoms. The van der Waals surface area contributed by atoms with Crippen LogP contribution >= 0.6 is 27.3 Å². The van der Waals surface area contributed by atoms with E-state index in [0.29, 0.717) is 34.4 Å². The summed E-state index contributed by atoms with van der Waals surface area (Å²) in [6, 6.07) is 1.74. The zero-order valence-electron chi connectivity index (χ0n) is 11.1. The summed E-state index contributed by atoms with van der Waals surface area (Å²) in [6.07, 6.45) is 3.08. The summed E-state index contributed by atoms with van der Waals surface area (Å²) in [7, 11) is -3.40. The fourth-order valence-corrected chi connectivity index (χ4v) is 5.48. The van der Waals surface area contributed by atoms with E-state index in [1.165, 1.54) is 11.3 Å². The first-order valence-electron chi connectivity index (χ1n) is 6.64. The van der Waals surface area contributed by atoms with Crippen LogP contribution in [0.2, 0.25) is 0 Å². The van der Waals surface area contributed by atoms with Gasteiger partial charge in [0.15, 0.2) is 0 Å². The highest BCUT2D eigenvalue weighted by molar-refractivity contribution is 9.10. The second kappa shape index (κ2) is 7.86. The lowest BCUT2D eigenvalue weighted by Gasteiger charge is -2.22. The molecule has 2 rings (SSSR count). The Hall–Kier alpha value is 0.01000. The van der Waals surface area contributed by atoms with E-state index in [-0.39, 0.29) is 0 Å². The van der Waals surface area contributed by atoms with Gasteiger partial charge in [-0.15, -0.1) is 11.3 Å². The second-order valence-corrected chi connectivity index (χ2v) is 8.36. The van der Waals surface area contributed by atoms with Gasteiger partial charge in [0.25, 0.3) is 10.0 Å². The van der Waals surface area contributed by atoms with Crippen molar-refractivity contribution in [1.29, 1.82) is 0 Å². The first kappa shape index (κ1) is 16.4. The lowest BCUT2D eigenvalue weighted by Crippen LogP contribution is -2.33. The Morgan fingerprint density at radius 1 is 1.45 bits per heavy atom. The number of thiophene rings is 1. The van der Waals surface area contributed by atoms with Crippen LogP contribution in [0.3, 0.4) is 0 Å². The molecule has 1 aliphatic rings. The highest BCUT2D eigenvalue weighted by Gasteiger charge is 2.18. The van der Waals surface area contributed by atoms with E-state index in [2.05, 4.69) is 26.0 Å². The molecule has 2 N–H and O–H groups in total. The fourth-order valence-electron chi connectivity index (χ4n) is 2.03. The lowest BCUT2D eigenvalue weighted by atomic mass is 10.1. The number of ether oxygens (including phenoxy) is 1. The van der Waals surface area contributed by atoms with Gasteiger partial charge in [-0.2, -0.15) is 0 Å². The first-order chi connectivity index (χ1) is 9.59. The van der Waals surface area contributed by atoms with E-state index in [4.69, 9.17) is 4.74 Å². The SMILES string of the molecule is O=S(=O)(NCCCOC1CCNCC1)c1sccc1Br. The summed E-state index contributed by atoms with van der Waals surface area (Å²) in [5.74, 6) is 0. The molecule has 1 aromatic heterocycles. The highest BCUT2D eigenvalue weighted by Crippen LogP contribution is 2.27. The molecule has 0 aromatic carbocycles. The van der Waals surface area contributed by atoms with Crippen molar-refractivity contribution in [2.24, 2.45) is 0 Å². The van der Waals surface area contributed by atoms with Gasteiger partial charge in [0.05, 0.1) is 6.10 Å². The molecule has 114 valence electrons. The minimum atomic E-state index is -3.40. The molecule has 1 aliphatic heterocycles. The van der Waals surface area contributed by atoms with Gasteiger partial charge >= 0.3 is 0 Å². The monoisotopic (exact) mass is 382 g/mol. The molecule has 0 atom stereocenters. The van der Waals surface area contributed by atoms with Gasteiger partial charge in [-0.3, -0.25) is 0 Å².